The van der Waals surface area contributed by atoms with Gasteiger partial charge in [0.05, 0.1) is 16.8 Å². The van der Waals surface area contributed by atoms with Gasteiger partial charge in [-0.2, -0.15) is 0 Å². The van der Waals surface area contributed by atoms with Crippen LogP contribution >= 0.6 is 0 Å². The molecule has 1 amide bonds. The number of nitrogens with zero attached hydrogens (tertiary/aromatic N) is 3. The minimum Gasteiger partial charge on any atom is -0.352 e. The molecule has 0 radical (unpaired) electrons. The van der Waals surface area contributed by atoms with Crippen LogP contribution in [0.5, 0.6) is 0 Å². The van der Waals surface area contributed by atoms with Crippen molar-refractivity contribution in [1.29, 1.82) is 0 Å². The molecule has 0 aliphatic rings. The maximum atomic E-state index is 12.5. The van der Waals surface area contributed by atoms with Crippen LogP contribution in [0.4, 0.5) is 0 Å². The summed E-state index contributed by atoms with van der Waals surface area (Å²) in [5.74, 6) is 0.731. The molecule has 29 heavy (non-hydrogen) atoms. The lowest BCUT2D eigenvalue weighted by molar-refractivity contribution is 0.0953. The number of hydrogen-bond donors (Lipinski definition) is 1. The molecular weight excluding hydrogens is 388 g/mol. The Labute approximate surface area is 171 Å². The Kier molecular flexibility index (Phi) is 6.34. The Morgan fingerprint density at radius 1 is 1.17 bits per heavy atom. The Bertz CT molecular complexity index is 1110. The first kappa shape index (κ1) is 21.0. The van der Waals surface area contributed by atoms with Crippen LogP contribution in [-0.4, -0.2) is 54.1 Å². The SMILES string of the molecule is CCS(=O)(=O)N(C)CCCNC(=O)c1ccc2c(c1)nc(C)n2-c1ccccc1. The van der Waals surface area contributed by atoms with Gasteiger partial charge in [0.1, 0.15) is 5.82 Å². The van der Waals surface area contributed by atoms with E-state index < -0.39 is 10.0 Å². The van der Waals surface area contributed by atoms with Crippen molar-refractivity contribution in [2.75, 3.05) is 25.9 Å². The molecule has 3 rings (SSSR count). The quantitative estimate of drug-likeness (QED) is 0.575. The standard InChI is InChI=1S/C21H26N4O3S/c1-4-29(27,28)24(3)14-8-13-22-21(26)17-11-12-20-19(15-17)23-16(2)25(20)18-9-6-5-7-10-18/h5-7,9-12,15H,4,8,13-14H2,1-3H3,(H,22,26). The number of fused-ring (bicyclic) bond motifs is 1. The number of sulfonamides is 1. The largest absolute Gasteiger partial charge is 0.352 e. The Balaban J connectivity index is 1.67. The number of aromatic nitrogens is 2. The first-order chi connectivity index (χ1) is 13.8. The van der Waals surface area contributed by atoms with Gasteiger partial charge in [0.15, 0.2) is 0 Å². The maximum Gasteiger partial charge on any atom is 0.251 e. The van der Waals surface area contributed by atoms with Gasteiger partial charge in [0.25, 0.3) is 5.91 Å². The Morgan fingerprint density at radius 3 is 2.59 bits per heavy atom. The zero-order chi connectivity index (χ0) is 21.0. The summed E-state index contributed by atoms with van der Waals surface area (Å²) in [5, 5.41) is 2.85. The molecule has 0 unspecified atom stereocenters. The van der Waals surface area contributed by atoms with Gasteiger partial charge in [-0.1, -0.05) is 18.2 Å². The summed E-state index contributed by atoms with van der Waals surface area (Å²) >= 11 is 0. The van der Waals surface area contributed by atoms with Crippen molar-refractivity contribution in [2.45, 2.75) is 20.3 Å². The molecule has 0 aliphatic heterocycles. The highest BCUT2D eigenvalue weighted by atomic mass is 32.2. The second-order valence-electron chi connectivity index (χ2n) is 6.87. The van der Waals surface area contributed by atoms with E-state index >= 15 is 0 Å². The summed E-state index contributed by atoms with van der Waals surface area (Å²) in [6, 6.07) is 15.4. The van der Waals surface area contributed by atoms with Gasteiger partial charge in [-0.25, -0.2) is 17.7 Å². The van der Waals surface area contributed by atoms with Gasteiger partial charge in [-0.3, -0.25) is 9.36 Å². The highest BCUT2D eigenvalue weighted by Gasteiger charge is 2.15. The third kappa shape index (κ3) is 4.65. The maximum absolute atomic E-state index is 12.5. The van der Waals surface area contributed by atoms with Crippen LogP contribution in [0, 0.1) is 6.92 Å². The number of carbonyl (C=O) groups is 1. The van der Waals surface area contributed by atoms with Crippen molar-refractivity contribution in [1.82, 2.24) is 19.2 Å². The average molecular weight is 415 g/mol. The Hall–Kier alpha value is -2.71. The molecule has 0 bridgehead atoms. The lowest BCUT2D eigenvalue weighted by Crippen LogP contribution is -2.32. The lowest BCUT2D eigenvalue weighted by atomic mass is 10.2. The minimum absolute atomic E-state index is 0.0743. The normalized spacial score (nSPS) is 11.9. The van der Waals surface area contributed by atoms with Crippen LogP contribution in [0.15, 0.2) is 48.5 Å². The predicted molar refractivity (Wildman–Crippen MR) is 115 cm³/mol. The van der Waals surface area contributed by atoms with Gasteiger partial charge < -0.3 is 5.32 Å². The highest BCUT2D eigenvalue weighted by molar-refractivity contribution is 7.89. The van der Waals surface area contributed by atoms with E-state index in [2.05, 4.69) is 14.9 Å². The number of aryl methyl sites for hydroxylation is 1. The van der Waals surface area contributed by atoms with E-state index in [0.29, 0.717) is 25.1 Å². The fourth-order valence-electron chi connectivity index (χ4n) is 3.21. The summed E-state index contributed by atoms with van der Waals surface area (Å²) in [5.41, 5.74) is 3.25. The fraction of sp³-hybridized carbons (Fsp3) is 0.333. The molecule has 2 aromatic carbocycles. The lowest BCUT2D eigenvalue weighted by Gasteiger charge is -2.15. The zero-order valence-electron chi connectivity index (χ0n) is 16.9. The highest BCUT2D eigenvalue weighted by Crippen LogP contribution is 2.22. The summed E-state index contributed by atoms with van der Waals surface area (Å²) < 4.78 is 26.9. The summed E-state index contributed by atoms with van der Waals surface area (Å²) in [4.78, 5) is 17.1. The minimum atomic E-state index is -3.19. The van der Waals surface area contributed by atoms with E-state index in [9.17, 15) is 13.2 Å². The molecule has 8 heteroatoms. The van der Waals surface area contributed by atoms with Crippen LogP contribution in [-0.2, 0) is 10.0 Å². The fourth-order valence-corrected chi connectivity index (χ4v) is 4.06. The third-order valence-electron chi connectivity index (χ3n) is 4.87. The first-order valence-electron chi connectivity index (χ1n) is 9.60. The predicted octanol–water partition coefficient (Wildman–Crippen LogP) is 2.74. The molecule has 1 N–H and O–H groups in total. The summed E-state index contributed by atoms with van der Waals surface area (Å²) in [7, 11) is -1.63. The number of benzene rings is 2. The van der Waals surface area contributed by atoms with E-state index in [4.69, 9.17) is 0 Å². The monoisotopic (exact) mass is 414 g/mol. The number of imidazole rings is 1. The molecule has 1 aromatic heterocycles. The number of para-hydroxylation sites is 1. The second-order valence-corrected chi connectivity index (χ2v) is 9.23. The Morgan fingerprint density at radius 2 is 1.90 bits per heavy atom. The van der Waals surface area contributed by atoms with Crippen molar-refractivity contribution in [2.24, 2.45) is 0 Å². The van der Waals surface area contributed by atoms with Crippen LogP contribution in [0.2, 0.25) is 0 Å². The molecule has 0 saturated carbocycles. The van der Waals surface area contributed by atoms with E-state index in [0.717, 1.165) is 22.5 Å². The molecule has 7 nitrogen and oxygen atoms in total. The molecule has 3 aromatic rings. The third-order valence-corrected chi connectivity index (χ3v) is 6.74. The number of nitrogens with one attached hydrogen (secondary N) is 1. The van der Waals surface area contributed by atoms with E-state index in [1.54, 1.807) is 26.1 Å². The van der Waals surface area contributed by atoms with Gasteiger partial charge >= 0.3 is 0 Å². The molecular formula is C21H26N4O3S. The summed E-state index contributed by atoms with van der Waals surface area (Å²) in [6.45, 7) is 4.33. The van der Waals surface area contributed by atoms with Crippen LogP contribution in [0.25, 0.3) is 16.7 Å². The topological polar surface area (TPSA) is 84.3 Å². The van der Waals surface area contributed by atoms with Crippen LogP contribution < -0.4 is 5.32 Å². The molecule has 154 valence electrons. The molecule has 0 saturated heterocycles. The molecule has 0 fully saturated rings. The molecule has 0 spiro atoms. The van der Waals surface area contributed by atoms with Crippen LogP contribution in [0.1, 0.15) is 29.5 Å². The van der Waals surface area contributed by atoms with Crippen molar-refractivity contribution in [3.05, 3.63) is 59.9 Å². The number of amides is 1. The first-order valence-corrected chi connectivity index (χ1v) is 11.2. The molecule has 1 heterocycles. The van der Waals surface area contributed by atoms with E-state index in [1.165, 1.54) is 4.31 Å². The van der Waals surface area contributed by atoms with Gasteiger partial charge in [-0.05, 0) is 50.6 Å². The van der Waals surface area contributed by atoms with E-state index in [-0.39, 0.29) is 11.7 Å². The number of hydrogen-bond acceptors (Lipinski definition) is 4. The number of rotatable bonds is 8. The zero-order valence-corrected chi connectivity index (χ0v) is 17.7. The van der Waals surface area contributed by atoms with Gasteiger partial charge in [-0.15, -0.1) is 0 Å². The van der Waals surface area contributed by atoms with Gasteiger partial charge in [0.2, 0.25) is 10.0 Å². The van der Waals surface area contributed by atoms with Crippen molar-refractivity contribution in [3.8, 4) is 5.69 Å². The number of carbonyl (C=O) groups excluding carboxylic acids is 1. The molecule has 0 aliphatic carbocycles. The average Bonchev–Trinajstić information content (AvgIpc) is 3.06. The summed E-state index contributed by atoms with van der Waals surface area (Å²) in [6.07, 6.45) is 0.547. The van der Waals surface area contributed by atoms with Crippen molar-refractivity contribution >= 4 is 27.0 Å². The van der Waals surface area contributed by atoms with Crippen molar-refractivity contribution in [3.63, 3.8) is 0 Å². The van der Waals surface area contributed by atoms with Crippen molar-refractivity contribution < 1.29 is 13.2 Å². The van der Waals surface area contributed by atoms with Gasteiger partial charge in [0, 0.05) is 31.4 Å². The second kappa shape index (κ2) is 8.75. The van der Waals surface area contributed by atoms with E-state index in [1.807, 2.05) is 43.3 Å². The smallest absolute Gasteiger partial charge is 0.251 e. The molecule has 0 atom stereocenters. The van der Waals surface area contributed by atoms with Crippen LogP contribution in [0.3, 0.4) is 0 Å².